The number of thioether (sulfide) groups is 1. The first-order valence-corrected chi connectivity index (χ1v) is 8.00. The molecular formula is C16H20FNOS. The average Bonchev–Trinajstić information content (AvgIpc) is 2.48. The zero-order valence-corrected chi connectivity index (χ0v) is 12.5. The lowest BCUT2D eigenvalue weighted by molar-refractivity contribution is 0.273. The van der Waals surface area contributed by atoms with Crippen molar-refractivity contribution in [2.24, 2.45) is 0 Å². The Morgan fingerprint density at radius 2 is 2.35 bits per heavy atom. The Hall–Kier alpha value is -1.02. The number of benzene rings is 1. The van der Waals surface area contributed by atoms with Gasteiger partial charge in [0.05, 0.1) is 5.56 Å². The summed E-state index contributed by atoms with van der Waals surface area (Å²) in [6.45, 7) is 4.99. The molecule has 0 bridgehead atoms. The van der Waals surface area contributed by atoms with E-state index in [1.54, 1.807) is 6.07 Å². The minimum absolute atomic E-state index is 0.245. The molecule has 1 saturated heterocycles. The topological polar surface area (TPSA) is 23.5 Å². The number of nitrogens with zero attached hydrogens (tertiary/aromatic N) is 1. The van der Waals surface area contributed by atoms with Gasteiger partial charge in [-0.3, -0.25) is 4.90 Å². The predicted octanol–water partition coefficient (Wildman–Crippen LogP) is 2.50. The second-order valence-corrected chi connectivity index (χ2v) is 6.32. The highest BCUT2D eigenvalue weighted by Gasteiger charge is 2.19. The van der Waals surface area contributed by atoms with E-state index in [-0.39, 0.29) is 12.4 Å². The van der Waals surface area contributed by atoms with Gasteiger partial charge in [-0.15, -0.1) is 0 Å². The van der Waals surface area contributed by atoms with Crippen molar-refractivity contribution in [3.8, 4) is 11.8 Å². The van der Waals surface area contributed by atoms with Crippen molar-refractivity contribution in [3.05, 3.63) is 35.1 Å². The summed E-state index contributed by atoms with van der Waals surface area (Å²) in [7, 11) is 0. The highest BCUT2D eigenvalue weighted by molar-refractivity contribution is 8.00. The molecule has 1 N–H and O–H groups in total. The number of hydrogen-bond acceptors (Lipinski definition) is 3. The summed E-state index contributed by atoms with van der Waals surface area (Å²) >= 11 is 2.04. The minimum Gasteiger partial charge on any atom is -0.384 e. The highest BCUT2D eigenvalue weighted by atomic mass is 32.2. The normalized spacial score (nSPS) is 19.4. The van der Waals surface area contributed by atoms with Crippen molar-refractivity contribution >= 4 is 11.8 Å². The monoisotopic (exact) mass is 293 g/mol. The molecule has 1 aromatic carbocycles. The van der Waals surface area contributed by atoms with Crippen molar-refractivity contribution in [2.45, 2.75) is 25.1 Å². The van der Waals surface area contributed by atoms with Crippen LogP contribution in [0.25, 0.3) is 0 Å². The Morgan fingerprint density at radius 1 is 1.50 bits per heavy atom. The molecule has 0 aromatic heterocycles. The Bertz CT molecular complexity index is 509. The summed E-state index contributed by atoms with van der Waals surface area (Å²) in [6, 6.07) is 5.08. The van der Waals surface area contributed by atoms with Gasteiger partial charge in [0.25, 0.3) is 0 Å². The number of rotatable bonds is 3. The SMILES string of the molecule is CCC1CN(Cc2ccc(F)c(C#CCO)c2)CCS1. The van der Waals surface area contributed by atoms with Crippen LogP contribution in [0, 0.1) is 17.7 Å². The molecule has 0 radical (unpaired) electrons. The van der Waals surface area contributed by atoms with E-state index in [1.165, 1.54) is 12.5 Å². The van der Waals surface area contributed by atoms with Crippen LogP contribution in [-0.2, 0) is 6.54 Å². The van der Waals surface area contributed by atoms with Crippen LogP contribution in [0.2, 0.25) is 0 Å². The van der Waals surface area contributed by atoms with E-state index in [1.807, 2.05) is 17.8 Å². The van der Waals surface area contributed by atoms with Gasteiger partial charge < -0.3 is 5.11 Å². The molecule has 2 nitrogen and oxygen atoms in total. The summed E-state index contributed by atoms with van der Waals surface area (Å²) in [5.41, 5.74) is 1.45. The van der Waals surface area contributed by atoms with Crippen LogP contribution in [-0.4, -0.2) is 40.7 Å². The van der Waals surface area contributed by atoms with Gasteiger partial charge in [0.2, 0.25) is 0 Å². The Kier molecular flexibility index (Phi) is 5.90. The van der Waals surface area contributed by atoms with Crippen molar-refractivity contribution in [1.82, 2.24) is 4.90 Å². The van der Waals surface area contributed by atoms with Gasteiger partial charge in [-0.1, -0.05) is 24.8 Å². The summed E-state index contributed by atoms with van der Waals surface area (Å²) in [5.74, 6) is 6.00. The molecule has 1 fully saturated rings. The number of aliphatic hydroxyl groups excluding tert-OH is 1. The van der Waals surface area contributed by atoms with Crippen molar-refractivity contribution in [3.63, 3.8) is 0 Å². The van der Waals surface area contributed by atoms with Gasteiger partial charge in [-0.05, 0) is 24.1 Å². The third kappa shape index (κ3) is 4.24. The molecule has 1 unspecified atom stereocenters. The Balaban J connectivity index is 2.05. The second kappa shape index (κ2) is 7.68. The van der Waals surface area contributed by atoms with E-state index in [0.717, 1.165) is 31.0 Å². The maximum Gasteiger partial charge on any atom is 0.138 e. The molecule has 0 spiro atoms. The molecule has 0 saturated carbocycles. The van der Waals surface area contributed by atoms with Gasteiger partial charge in [0.1, 0.15) is 12.4 Å². The largest absolute Gasteiger partial charge is 0.384 e. The highest BCUT2D eigenvalue weighted by Crippen LogP contribution is 2.22. The number of aliphatic hydroxyl groups is 1. The Labute approximate surface area is 124 Å². The summed E-state index contributed by atoms with van der Waals surface area (Å²) in [5, 5.41) is 9.40. The number of halogens is 1. The third-order valence-corrected chi connectivity index (χ3v) is 4.79. The van der Waals surface area contributed by atoms with Gasteiger partial charge in [0, 0.05) is 30.6 Å². The van der Waals surface area contributed by atoms with Crippen LogP contribution in [0.1, 0.15) is 24.5 Å². The molecule has 2 rings (SSSR count). The van der Waals surface area contributed by atoms with Crippen LogP contribution < -0.4 is 0 Å². The predicted molar refractivity (Wildman–Crippen MR) is 82.2 cm³/mol. The first-order valence-electron chi connectivity index (χ1n) is 6.95. The first kappa shape index (κ1) is 15.4. The fourth-order valence-electron chi connectivity index (χ4n) is 2.33. The quantitative estimate of drug-likeness (QED) is 0.866. The third-order valence-electron chi connectivity index (χ3n) is 3.42. The smallest absolute Gasteiger partial charge is 0.138 e. The van der Waals surface area contributed by atoms with E-state index in [9.17, 15) is 4.39 Å². The van der Waals surface area contributed by atoms with Crippen LogP contribution in [0.15, 0.2) is 18.2 Å². The van der Waals surface area contributed by atoms with E-state index in [0.29, 0.717) is 10.8 Å². The fraction of sp³-hybridized carbons (Fsp3) is 0.500. The maximum absolute atomic E-state index is 13.6. The summed E-state index contributed by atoms with van der Waals surface area (Å²) in [6.07, 6.45) is 1.19. The van der Waals surface area contributed by atoms with Gasteiger partial charge in [-0.25, -0.2) is 4.39 Å². The summed E-state index contributed by atoms with van der Waals surface area (Å²) < 4.78 is 13.6. The molecule has 1 aliphatic heterocycles. The number of hydrogen-bond donors (Lipinski definition) is 1. The van der Waals surface area contributed by atoms with E-state index in [2.05, 4.69) is 23.7 Å². The molecule has 4 heteroatoms. The standard InChI is InChI=1S/C16H20FNOS/c1-2-15-12-18(7-9-20-15)11-13-5-6-16(17)14(10-13)4-3-8-19/h5-6,10,15,19H,2,7-9,11-12H2,1H3. The first-order chi connectivity index (χ1) is 9.72. The molecule has 1 heterocycles. The zero-order chi connectivity index (χ0) is 14.4. The maximum atomic E-state index is 13.6. The van der Waals surface area contributed by atoms with Crippen molar-refractivity contribution < 1.29 is 9.50 Å². The average molecular weight is 293 g/mol. The van der Waals surface area contributed by atoms with E-state index in [4.69, 9.17) is 5.11 Å². The molecule has 108 valence electrons. The lowest BCUT2D eigenvalue weighted by Gasteiger charge is -2.31. The van der Waals surface area contributed by atoms with Crippen LogP contribution >= 0.6 is 11.8 Å². The van der Waals surface area contributed by atoms with E-state index >= 15 is 0 Å². The van der Waals surface area contributed by atoms with Crippen LogP contribution in [0.4, 0.5) is 4.39 Å². The van der Waals surface area contributed by atoms with Gasteiger partial charge in [-0.2, -0.15) is 11.8 Å². The zero-order valence-electron chi connectivity index (χ0n) is 11.7. The van der Waals surface area contributed by atoms with Crippen LogP contribution in [0.5, 0.6) is 0 Å². The summed E-state index contributed by atoms with van der Waals surface area (Å²) in [4.78, 5) is 2.42. The van der Waals surface area contributed by atoms with Gasteiger partial charge in [0.15, 0.2) is 0 Å². The molecular weight excluding hydrogens is 273 g/mol. The molecule has 20 heavy (non-hydrogen) atoms. The van der Waals surface area contributed by atoms with Crippen molar-refractivity contribution in [2.75, 3.05) is 25.4 Å². The van der Waals surface area contributed by atoms with Crippen molar-refractivity contribution in [1.29, 1.82) is 0 Å². The molecule has 0 amide bonds. The molecule has 1 aromatic rings. The molecule has 1 aliphatic rings. The Morgan fingerprint density at radius 3 is 3.10 bits per heavy atom. The fourth-order valence-corrected chi connectivity index (χ4v) is 3.58. The lowest BCUT2D eigenvalue weighted by atomic mass is 10.1. The van der Waals surface area contributed by atoms with Gasteiger partial charge >= 0.3 is 0 Å². The molecule has 0 aliphatic carbocycles. The second-order valence-electron chi connectivity index (χ2n) is 4.91. The van der Waals surface area contributed by atoms with E-state index < -0.39 is 0 Å². The van der Waals surface area contributed by atoms with Crippen LogP contribution in [0.3, 0.4) is 0 Å². The molecule has 1 atom stereocenters. The minimum atomic E-state index is -0.324. The lowest BCUT2D eigenvalue weighted by Crippen LogP contribution is -2.37.